The zero-order chi connectivity index (χ0) is 24.9. The second-order valence-corrected chi connectivity index (χ2v) is 9.63. The molecular formula is C28H19Cl2N3O2S. The fraction of sp³-hybridized carbons (Fsp3) is 0.0357. The average molecular weight is 532 g/mol. The molecule has 0 N–H and O–H groups in total. The Labute approximate surface area is 222 Å². The van der Waals surface area contributed by atoms with E-state index < -0.39 is 0 Å². The van der Waals surface area contributed by atoms with E-state index in [0.717, 1.165) is 16.7 Å². The standard InChI is InChI=1S/C28H19Cl2N3O2S/c29-24-10-4-8-22(26(24)30)17-31-32-28-33(18-23-9-5-15-35-23)27(34)25(36-28)16-19-11-13-21(14-12-19)20-6-2-1-3-7-20/h1-17H,18H2/b25-16-,31-17-,32-28+. The van der Waals surface area contributed by atoms with Gasteiger partial charge in [0.2, 0.25) is 0 Å². The number of carbonyl (C=O) groups excluding carboxylic acids is 1. The van der Waals surface area contributed by atoms with Crippen molar-refractivity contribution in [1.29, 1.82) is 0 Å². The summed E-state index contributed by atoms with van der Waals surface area (Å²) in [6, 6.07) is 27.1. The molecule has 3 aromatic carbocycles. The van der Waals surface area contributed by atoms with Crippen molar-refractivity contribution in [3.63, 3.8) is 0 Å². The van der Waals surface area contributed by atoms with Crippen LogP contribution >= 0.6 is 35.0 Å². The summed E-state index contributed by atoms with van der Waals surface area (Å²) in [6.07, 6.45) is 4.95. The Kier molecular flexibility index (Phi) is 7.37. The van der Waals surface area contributed by atoms with Gasteiger partial charge in [-0.1, -0.05) is 89.9 Å². The number of amidine groups is 1. The molecule has 1 aliphatic heterocycles. The largest absolute Gasteiger partial charge is 0.467 e. The van der Waals surface area contributed by atoms with E-state index in [1.54, 1.807) is 35.4 Å². The van der Waals surface area contributed by atoms with Crippen molar-refractivity contribution in [2.75, 3.05) is 0 Å². The molecule has 2 heterocycles. The Balaban J connectivity index is 1.41. The highest BCUT2D eigenvalue weighted by Gasteiger charge is 2.34. The summed E-state index contributed by atoms with van der Waals surface area (Å²) >= 11 is 13.6. The van der Waals surface area contributed by atoms with Crippen LogP contribution in [0.3, 0.4) is 0 Å². The van der Waals surface area contributed by atoms with Crippen LogP contribution in [0.15, 0.2) is 111 Å². The van der Waals surface area contributed by atoms with Crippen LogP contribution < -0.4 is 0 Å². The summed E-state index contributed by atoms with van der Waals surface area (Å²) in [5.41, 5.74) is 3.80. The number of carbonyl (C=O) groups is 1. The average Bonchev–Trinajstić information content (AvgIpc) is 3.52. The van der Waals surface area contributed by atoms with Crippen molar-refractivity contribution in [2.45, 2.75) is 6.54 Å². The normalized spacial score (nSPS) is 16.1. The zero-order valence-electron chi connectivity index (χ0n) is 18.8. The fourth-order valence-corrected chi connectivity index (χ4v) is 4.89. The van der Waals surface area contributed by atoms with Gasteiger partial charge in [0.05, 0.1) is 34.0 Å². The quantitative estimate of drug-likeness (QED) is 0.145. The number of furan rings is 1. The first kappa shape index (κ1) is 24.1. The molecule has 1 saturated heterocycles. The molecule has 1 amide bonds. The van der Waals surface area contributed by atoms with Crippen molar-refractivity contribution in [1.82, 2.24) is 4.90 Å². The smallest absolute Gasteiger partial charge is 0.267 e. The van der Waals surface area contributed by atoms with Crippen molar-refractivity contribution in [3.8, 4) is 11.1 Å². The van der Waals surface area contributed by atoms with E-state index in [1.807, 2.05) is 54.6 Å². The SMILES string of the molecule is O=C1/C(=C/c2ccc(-c3ccccc3)cc2)S/C(=N/N=C\c2cccc(Cl)c2Cl)N1Cc1ccco1. The molecule has 0 saturated carbocycles. The Morgan fingerprint density at radius 3 is 2.42 bits per heavy atom. The van der Waals surface area contributed by atoms with Gasteiger partial charge in [-0.15, -0.1) is 5.10 Å². The highest BCUT2D eigenvalue weighted by molar-refractivity contribution is 8.18. The number of rotatable bonds is 6. The molecule has 5 rings (SSSR count). The van der Waals surface area contributed by atoms with Crippen LogP contribution in [0.4, 0.5) is 0 Å². The first-order valence-corrected chi connectivity index (χ1v) is 12.6. The van der Waals surface area contributed by atoms with Gasteiger partial charge in [-0.2, -0.15) is 5.10 Å². The van der Waals surface area contributed by atoms with E-state index in [2.05, 4.69) is 22.3 Å². The van der Waals surface area contributed by atoms with Gasteiger partial charge in [-0.3, -0.25) is 9.69 Å². The number of hydrogen-bond acceptors (Lipinski definition) is 5. The molecule has 5 nitrogen and oxygen atoms in total. The van der Waals surface area contributed by atoms with E-state index in [1.165, 1.54) is 18.0 Å². The highest BCUT2D eigenvalue weighted by atomic mass is 35.5. The number of benzene rings is 3. The van der Waals surface area contributed by atoms with Crippen LogP contribution in [0.5, 0.6) is 0 Å². The van der Waals surface area contributed by atoms with Gasteiger partial charge in [0.25, 0.3) is 5.91 Å². The molecule has 1 fully saturated rings. The van der Waals surface area contributed by atoms with Gasteiger partial charge < -0.3 is 4.42 Å². The third kappa shape index (κ3) is 5.46. The van der Waals surface area contributed by atoms with Crippen LogP contribution in [-0.4, -0.2) is 22.2 Å². The maximum atomic E-state index is 13.3. The van der Waals surface area contributed by atoms with Crippen LogP contribution in [-0.2, 0) is 11.3 Å². The molecular weight excluding hydrogens is 513 g/mol. The zero-order valence-corrected chi connectivity index (χ0v) is 21.2. The predicted octanol–water partition coefficient (Wildman–Crippen LogP) is 7.76. The molecule has 1 aromatic heterocycles. The van der Waals surface area contributed by atoms with Crippen molar-refractivity contribution in [2.24, 2.45) is 10.2 Å². The molecule has 0 unspecified atom stereocenters. The lowest BCUT2D eigenvalue weighted by atomic mass is 10.0. The minimum atomic E-state index is -0.168. The Bertz CT molecular complexity index is 1460. The van der Waals surface area contributed by atoms with Gasteiger partial charge in [0.15, 0.2) is 5.17 Å². The Morgan fingerprint density at radius 1 is 0.889 bits per heavy atom. The second-order valence-electron chi connectivity index (χ2n) is 7.84. The number of nitrogens with zero attached hydrogens (tertiary/aromatic N) is 3. The topological polar surface area (TPSA) is 58.2 Å². The lowest BCUT2D eigenvalue weighted by Gasteiger charge is -2.12. The second kappa shape index (κ2) is 11.0. The number of amides is 1. The van der Waals surface area contributed by atoms with E-state index in [-0.39, 0.29) is 12.5 Å². The van der Waals surface area contributed by atoms with E-state index in [4.69, 9.17) is 27.6 Å². The van der Waals surface area contributed by atoms with Gasteiger partial charge in [0, 0.05) is 5.56 Å². The van der Waals surface area contributed by atoms with Gasteiger partial charge in [0.1, 0.15) is 5.76 Å². The predicted molar refractivity (Wildman–Crippen MR) is 148 cm³/mol. The van der Waals surface area contributed by atoms with Crippen LogP contribution in [0, 0.1) is 0 Å². The van der Waals surface area contributed by atoms with Crippen molar-refractivity contribution in [3.05, 3.63) is 123 Å². The summed E-state index contributed by atoms with van der Waals surface area (Å²) in [5.74, 6) is 0.477. The summed E-state index contributed by atoms with van der Waals surface area (Å²) < 4.78 is 5.46. The molecule has 4 aromatic rings. The minimum Gasteiger partial charge on any atom is -0.467 e. The molecule has 1 aliphatic rings. The molecule has 0 aliphatic carbocycles. The van der Waals surface area contributed by atoms with Crippen molar-refractivity contribution < 1.29 is 9.21 Å². The van der Waals surface area contributed by atoms with Gasteiger partial charge >= 0.3 is 0 Å². The van der Waals surface area contributed by atoms with Crippen LogP contribution in [0.2, 0.25) is 10.0 Å². The summed E-state index contributed by atoms with van der Waals surface area (Å²) in [6.45, 7) is 0.245. The van der Waals surface area contributed by atoms with E-state index in [0.29, 0.717) is 31.4 Å². The van der Waals surface area contributed by atoms with Gasteiger partial charge in [-0.05, 0) is 52.7 Å². The van der Waals surface area contributed by atoms with Crippen LogP contribution in [0.1, 0.15) is 16.9 Å². The van der Waals surface area contributed by atoms with Gasteiger partial charge in [-0.25, -0.2) is 0 Å². The fourth-order valence-electron chi connectivity index (χ4n) is 3.59. The maximum absolute atomic E-state index is 13.3. The molecule has 178 valence electrons. The number of hydrogen-bond donors (Lipinski definition) is 0. The number of thioether (sulfide) groups is 1. The maximum Gasteiger partial charge on any atom is 0.267 e. The molecule has 0 spiro atoms. The van der Waals surface area contributed by atoms with E-state index >= 15 is 0 Å². The first-order valence-electron chi connectivity index (χ1n) is 11.0. The lowest BCUT2D eigenvalue weighted by Crippen LogP contribution is -2.28. The van der Waals surface area contributed by atoms with Crippen molar-refractivity contribution >= 4 is 58.3 Å². The molecule has 0 atom stereocenters. The first-order chi connectivity index (χ1) is 17.6. The van der Waals surface area contributed by atoms with Crippen LogP contribution in [0.25, 0.3) is 17.2 Å². The molecule has 8 heteroatoms. The molecule has 0 radical (unpaired) electrons. The third-order valence-electron chi connectivity index (χ3n) is 5.42. The molecule has 36 heavy (non-hydrogen) atoms. The number of halogens is 2. The van der Waals surface area contributed by atoms with E-state index in [9.17, 15) is 4.79 Å². The Morgan fingerprint density at radius 2 is 1.67 bits per heavy atom. The lowest BCUT2D eigenvalue weighted by molar-refractivity contribution is -0.122. The summed E-state index contributed by atoms with van der Waals surface area (Å²) in [4.78, 5) is 15.4. The molecule has 0 bridgehead atoms. The summed E-state index contributed by atoms with van der Waals surface area (Å²) in [7, 11) is 0. The Hall–Kier alpha value is -3.58. The monoisotopic (exact) mass is 531 g/mol. The minimum absolute atomic E-state index is 0.168. The third-order valence-corrected chi connectivity index (χ3v) is 7.25. The highest BCUT2D eigenvalue weighted by Crippen LogP contribution is 2.34. The summed E-state index contributed by atoms with van der Waals surface area (Å²) in [5, 5.41) is 9.76.